The third-order valence-corrected chi connectivity index (χ3v) is 6.01. The molecule has 0 heterocycles. The van der Waals surface area contributed by atoms with E-state index in [2.05, 4.69) is 60.7 Å². The average Bonchev–Trinajstić information content (AvgIpc) is 2.83. The summed E-state index contributed by atoms with van der Waals surface area (Å²) < 4.78 is 0. The highest BCUT2D eigenvalue weighted by atomic mass is 14.2. The van der Waals surface area contributed by atoms with Gasteiger partial charge in [-0.3, -0.25) is 0 Å². The van der Waals surface area contributed by atoms with Crippen molar-refractivity contribution >= 4 is 0 Å². The lowest BCUT2D eigenvalue weighted by atomic mass is 9.95. The van der Waals surface area contributed by atoms with E-state index >= 15 is 0 Å². The minimum atomic E-state index is 1.11. The Morgan fingerprint density at radius 1 is 0.360 bits per heavy atom. The van der Waals surface area contributed by atoms with Gasteiger partial charge in [0.1, 0.15) is 0 Å². The highest BCUT2D eigenvalue weighted by molar-refractivity contribution is 5.44. The summed E-state index contributed by atoms with van der Waals surface area (Å²) in [6.07, 6.45) is 8.02. The largest absolute Gasteiger partial charge is 0.0588 e. The Hall–Kier alpha value is -2.34. The van der Waals surface area contributed by atoms with E-state index in [0.717, 1.165) is 32.1 Å². The van der Waals surface area contributed by atoms with Gasteiger partial charge in [-0.2, -0.15) is 0 Å². The molecule has 3 aromatic carbocycles. The molecule has 0 radical (unpaired) electrons. The monoisotopic (exact) mass is 324 g/mol. The van der Waals surface area contributed by atoms with Crippen molar-refractivity contribution in [3.05, 3.63) is 105 Å². The van der Waals surface area contributed by atoms with Crippen LogP contribution in [0.3, 0.4) is 0 Å². The van der Waals surface area contributed by atoms with Crippen molar-refractivity contribution in [2.75, 3.05) is 0 Å². The molecule has 0 unspecified atom stereocenters. The van der Waals surface area contributed by atoms with E-state index in [1.54, 1.807) is 22.3 Å². The zero-order valence-electron chi connectivity index (χ0n) is 14.7. The van der Waals surface area contributed by atoms with Crippen LogP contribution < -0.4 is 0 Å². The SMILES string of the molecule is c1cc2ccc1CCc1ccc3c(c1)Cc1cc(ccc1CC3)CC2. The van der Waals surface area contributed by atoms with Crippen molar-refractivity contribution in [3.63, 3.8) is 0 Å². The predicted octanol–water partition coefficient (Wildman–Crippen LogP) is 5.26. The first-order chi connectivity index (χ1) is 12.3. The fourth-order valence-corrected chi connectivity index (χ4v) is 4.41. The van der Waals surface area contributed by atoms with Gasteiger partial charge in [0.05, 0.1) is 0 Å². The van der Waals surface area contributed by atoms with Gasteiger partial charge in [-0.1, -0.05) is 60.7 Å². The van der Waals surface area contributed by atoms with Crippen LogP contribution in [0.5, 0.6) is 0 Å². The maximum Gasteiger partial charge on any atom is -0.00201 e. The van der Waals surface area contributed by atoms with Crippen LogP contribution in [0.15, 0.2) is 60.7 Å². The molecule has 6 bridgehead atoms. The molecule has 3 aromatic rings. The van der Waals surface area contributed by atoms with E-state index in [9.17, 15) is 0 Å². The molecule has 0 heteroatoms. The summed E-state index contributed by atoms with van der Waals surface area (Å²) in [4.78, 5) is 0. The van der Waals surface area contributed by atoms with Gasteiger partial charge in [-0.05, 0) is 89.5 Å². The lowest BCUT2D eigenvalue weighted by molar-refractivity contribution is 0.924. The van der Waals surface area contributed by atoms with Crippen molar-refractivity contribution < 1.29 is 0 Å². The van der Waals surface area contributed by atoms with Gasteiger partial charge in [0.15, 0.2) is 0 Å². The molecule has 3 aliphatic carbocycles. The summed E-state index contributed by atoms with van der Waals surface area (Å²) in [5.41, 5.74) is 12.1. The third kappa shape index (κ3) is 3.02. The number of hydrogen-bond acceptors (Lipinski definition) is 0. The maximum atomic E-state index is 2.48. The molecular formula is C25H24. The Morgan fingerprint density at radius 2 is 0.760 bits per heavy atom. The second kappa shape index (κ2) is 6.19. The second-order valence-corrected chi connectivity index (χ2v) is 7.70. The molecule has 0 atom stereocenters. The van der Waals surface area contributed by atoms with Gasteiger partial charge in [0, 0.05) is 0 Å². The summed E-state index contributed by atoms with van der Waals surface area (Å²) in [6.45, 7) is 0. The van der Waals surface area contributed by atoms with E-state index in [4.69, 9.17) is 0 Å². The maximum absolute atomic E-state index is 2.48. The fourth-order valence-electron chi connectivity index (χ4n) is 4.41. The molecular weight excluding hydrogens is 300 g/mol. The van der Waals surface area contributed by atoms with Crippen LogP contribution in [0.25, 0.3) is 0 Å². The van der Waals surface area contributed by atoms with Crippen molar-refractivity contribution in [1.29, 1.82) is 0 Å². The van der Waals surface area contributed by atoms with Crippen LogP contribution in [0, 0.1) is 0 Å². The molecule has 0 amide bonds. The first-order valence-electron chi connectivity index (χ1n) is 9.63. The molecule has 0 nitrogen and oxygen atoms in total. The third-order valence-electron chi connectivity index (χ3n) is 6.01. The van der Waals surface area contributed by atoms with Crippen molar-refractivity contribution in [1.82, 2.24) is 0 Å². The van der Waals surface area contributed by atoms with E-state index in [0.29, 0.717) is 0 Å². The van der Waals surface area contributed by atoms with Crippen LogP contribution >= 0.6 is 0 Å². The highest BCUT2D eigenvalue weighted by Gasteiger charge is 2.14. The van der Waals surface area contributed by atoms with Crippen LogP contribution in [0.4, 0.5) is 0 Å². The van der Waals surface area contributed by atoms with Crippen LogP contribution in [-0.4, -0.2) is 0 Å². The zero-order valence-corrected chi connectivity index (χ0v) is 14.7. The van der Waals surface area contributed by atoms with Crippen LogP contribution in [-0.2, 0) is 44.9 Å². The van der Waals surface area contributed by atoms with Gasteiger partial charge in [0.25, 0.3) is 0 Å². The van der Waals surface area contributed by atoms with E-state index in [-0.39, 0.29) is 0 Å². The van der Waals surface area contributed by atoms with E-state index in [1.807, 2.05) is 0 Å². The quantitative estimate of drug-likeness (QED) is 0.529. The minimum absolute atomic E-state index is 1.11. The number of hydrogen-bond donors (Lipinski definition) is 0. The number of fused-ring (bicyclic) bond motifs is 4. The summed E-state index contributed by atoms with van der Waals surface area (Å²) in [5.74, 6) is 0. The Bertz CT molecular complexity index is 839. The standard InChI is InChI=1S/C25H24/c1-2-19-4-3-18(1)5-7-20-9-11-22-13-14-23-12-10-21(8-6-19)16-25(23)17-24(22)15-20/h1-4,9-12,15-16H,5-8,13-14,17H2. The molecule has 124 valence electrons. The van der Waals surface area contributed by atoms with Gasteiger partial charge in [0.2, 0.25) is 0 Å². The Morgan fingerprint density at radius 3 is 1.24 bits per heavy atom. The van der Waals surface area contributed by atoms with E-state index < -0.39 is 0 Å². The first-order valence-corrected chi connectivity index (χ1v) is 9.63. The van der Waals surface area contributed by atoms with Gasteiger partial charge in [-0.25, -0.2) is 0 Å². The number of benzene rings is 3. The van der Waals surface area contributed by atoms with Gasteiger partial charge >= 0.3 is 0 Å². The van der Waals surface area contributed by atoms with E-state index in [1.165, 1.54) is 35.1 Å². The zero-order chi connectivity index (χ0) is 16.6. The smallest absolute Gasteiger partial charge is 0.00201 e. The molecule has 0 saturated heterocycles. The Labute approximate surface area is 150 Å². The molecule has 0 aliphatic heterocycles. The summed E-state index contributed by atoms with van der Waals surface area (Å²) in [5, 5.41) is 0. The highest BCUT2D eigenvalue weighted by Crippen LogP contribution is 2.27. The molecule has 6 rings (SSSR count). The van der Waals surface area contributed by atoms with Crippen molar-refractivity contribution in [3.8, 4) is 0 Å². The molecule has 0 aromatic heterocycles. The van der Waals surface area contributed by atoms with Crippen molar-refractivity contribution in [2.45, 2.75) is 44.9 Å². The Balaban J connectivity index is 1.62. The molecule has 0 saturated carbocycles. The first kappa shape index (κ1) is 15.0. The van der Waals surface area contributed by atoms with Gasteiger partial charge in [-0.15, -0.1) is 0 Å². The molecule has 0 fully saturated rings. The summed E-state index contributed by atoms with van der Waals surface area (Å²) >= 11 is 0. The van der Waals surface area contributed by atoms with Crippen molar-refractivity contribution in [2.24, 2.45) is 0 Å². The summed E-state index contributed by atoms with van der Waals surface area (Å²) in [7, 11) is 0. The number of rotatable bonds is 0. The van der Waals surface area contributed by atoms with Crippen LogP contribution in [0.1, 0.15) is 44.5 Å². The normalized spacial score (nSPS) is 15.7. The molecule has 0 spiro atoms. The lowest BCUT2D eigenvalue weighted by Gasteiger charge is -2.10. The number of aryl methyl sites for hydroxylation is 6. The second-order valence-electron chi connectivity index (χ2n) is 7.70. The Kier molecular flexibility index (Phi) is 3.70. The molecule has 0 N–H and O–H groups in total. The van der Waals surface area contributed by atoms with Gasteiger partial charge < -0.3 is 0 Å². The fraction of sp³-hybridized carbons (Fsp3) is 0.280. The molecule has 25 heavy (non-hydrogen) atoms. The summed E-state index contributed by atoms with van der Waals surface area (Å²) in [6, 6.07) is 23.7. The predicted molar refractivity (Wildman–Crippen MR) is 104 cm³/mol. The van der Waals surface area contributed by atoms with Crippen LogP contribution in [0.2, 0.25) is 0 Å². The topological polar surface area (TPSA) is 0 Å². The lowest BCUT2D eigenvalue weighted by Crippen LogP contribution is -1.97. The average molecular weight is 324 g/mol. The molecule has 3 aliphatic rings. The minimum Gasteiger partial charge on any atom is -0.0588 e.